The zero-order chi connectivity index (χ0) is 12.5. The van der Waals surface area contributed by atoms with Crippen LogP contribution in [0.1, 0.15) is 24.5 Å². The molecule has 1 saturated heterocycles. The highest BCUT2D eigenvalue weighted by Crippen LogP contribution is 2.25. The standard InChI is InChI=1S/C15H18N2O/c1-10(13-8-16-9-13)15(18)17-14-6-5-11-3-2-4-12(11)7-14/h5-7,16H,2-4,8-9H2,1H3,(H,17,18). The fraction of sp³-hybridized carbons (Fsp3) is 0.400. The highest BCUT2D eigenvalue weighted by molar-refractivity contribution is 6.04. The smallest absolute Gasteiger partial charge is 0.251 e. The number of rotatable bonds is 2. The van der Waals surface area contributed by atoms with Crippen molar-refractivity contribution >= 4 is 11.6 Å². The van der Waals surface area contributed by atoms with E-state index >= 15 is 0 Å². The van der Waals surface area contributed by atoms with Gasteiger partial charge in [0.1, 0.15) is 0 Å². The molecule has 3 nitrogen and oxygen atoms in total. The molecule has 0 spiro atoms. The van der Waals surface area contributed by atoms with Crippen LogP contribution >= 0.6 is 0 Å². The van der Waals surface area contributed by atoms with Gasteiger partial charge >= 0.3 is 0 Å². The molecule has 1 aliphatic carbocycles. The van der Waals surface area contributed by atoms with Crippen LogP contribution in [0.3, 0.4) is 0 Å². The maximum Gasteiger partial charge on any atom is 0.251 e. The van der Waals surface area contributed by atoms with Gasteiger partial charge in [-0.3, -0.25) is 4.79 Å². The second kappa shape index (κ2) is 4.58. The Labute approximate surface area is 107 Å². The first kappa shape index (κ1) is 11.5. The van der Waals surface area contributed by atoms with Gasteiger partial charge in [0.25, 0.3) is 5.91 Å². The van der Waals surface area contributed by atoms with Crippen LogP contribution in [0.15, 0.2) is 29.3 Å². The summed E-state index contributed by atoms with van der Waals surface area (Å²) < 4.78 is 0. The summed E-state index contributed by atoms with van der Waals surface area (Å²) in [5.74, 6) is 0.0319. The summed E-state index contributed by atoms with van der Waals surface area (Å²) in [6.07, 6.45) is 3.56. The molecule has 0 aromatic heterocycles. The third-order valence-corrected chi connectivity index (χ3v) is 3.90. The molecule has 0 saturated carbocycles. The Bertz CT molecular complexity index is 525. The molecular weight excluding hydrogens is 224 g/mol. The van der Waals surface area contributed by atoms with Gasteiger partial charge in [-0.05, 0) is 55.0 Å². The number of nitrogens with one attached hydrogen (secondary N) is 2. The van der Waals surface area contributed by atoms with E-state index < -0.39 is 0 Å². The van der Waals surface area contributed by atoms with Crippen LogP contribution < -0.4 is 10.6 Å². The van der Waals surface area contributed by atoms with Gasteiger partial charge in [0.2, 0.25) is 0 Å². The van der Waals surface area contributed by atoms with Gasteiger partial charge < -0.3 is 10.6 Å². The number of carbonyl (C=O) groups is 1. The lowest BCUT2D eigenvalue weighted by molar-refractivity contribution is -0.112. The van der Waals surface area contributed by atoms with Gasteiger partial charge in [-0.25, -0.2) is 0 Å². The van der Waals surface area contributed by atoms with Crippen LogP contribution in [0.2, 0.25) is 0 Å². The maximum atomic E-state index is 12.1. The van der Waals surface area contributed by atoms with E-state index in [1.54, 1.807) is 0 Å². The van der Waals surface area contributed by atoms with Crippen LogP contribution in [-0.2, 0) is 17.6 Å². The molecule has 3 heteroatoms. The van der Waals surface area contributed by atoms with Crippen LogP contribution in [0.4, 0.5) is 5.69 Å². The Morgan fingerprint density at radius 3 is 2.72 bits per heavy atom. The number of hydrogen-bond acceptors (Lipinski definition) is 2. The van der Waals surface area contributed by atoms with E-state index in [4.69, 9.17) is 0 Å². The molecule has 1 aliphatic heterocycles. The van der Waals surface area contributed by atoms with Crippen molar-refractivity contribution in [3.05, 3.63) is 40.5 Å². The molecule has 1 aromatic rings. The molecule has 0 unspecified atom stereocenters. The first-order valence-electron chi connectivity index (χ1n) is 6.56. The van der Waals surface area contributed by atoms with Crippen molar-refractivity contribution in [1.82, 2.24) is 5.32 Å². The minimum Gasteiger partial charge on any atom is -0.322 e. The van der Waals surface area contributed by atoms with Crippen molar-refractivity contribution in [3.63, 3.8) is 0 Å². The molecule has 94 valence electrons. The molecular formula is C15H18N2O. The summed E-state index contributed by atoms with van der Waals surface area (Å²) in [5.41, 5.74) is 5.82. The molecule has 1 amide bonds. The van der Waals surface area contributed by atoms with Crippen LogP contribution in [-0.4, -0.2) is 19.0 Å². The SMILES string of the molecule is CC(C(=O)Nc1ccc2c(c1)CCC2)=C1CNC1. The summed E-state index contributed by atoms with van der Waals surface area (Å²) in [6, 6.07) is 6.28. The highest BCUT2D eigenvalue weighted by atomic mass is 16.1. The van der Waals surface area contributed by atoms with Crippen molar-refractivity contribution in [1.29, 1.82) is 0 Å². The summed E-state index contributed by atoms with van der Waals surface area (Å²) in [6.45, 7) is 3.60. The van der Waals surface area contributed by atoms with E-state index in [-0.39, 0.29) is 5.91 Å². The number of carbonyl (C=O) groups excluding carboxylic acids is 1. The van der Waals surface area contributed by atoms with E-state index in [1.807, 2.05) is 13.0 Å². The summed E-state index contributed by atoms with van der Waals surface area (Å²) in [5, 5.41) is 6.15. The van der Waals surface area contributed by atoms with Crippen LogP contribution in [0, 0.1) is 0 Å². The quantitative estimate of drug-likeness (QED) is 0.779. The molecule has 0 radical (unpaired) electrons. The average molecular weight is 242 g/mol. The summed E-state index contributed by atoms with van der Waals surface area (Å²) >= 11 is 0. The number of hydrogen-bond donors (Lipinski definition) is 2. The number of aryl methyl sites for hydroxylation is 2. The van der Waals surface area contributed by atoms with E-state index in [9.17, 15) is 4.79 Å². The van der Waals surface area contributed by atoms with Gasteiger partial charge in [0.15, 0.2) is 0 Å². The first-order chi connectivity index (χ1) is 8.74. The van der Waals surface area contributed by atoms with Crippen LogP contribution in [0.25, 0.3) is 0 Å². The zero-order valence-electron chi connectivity index (χ0n) is 10.7. The van der Waals surface area contributed by atoms with Crippen molar-refractivity contribution in [2.75, 3.05) is 18.4 Å². The van der Waals surface area contributed by atoms with Crippen molar-refractivity contribution in [3.8, 4) is 0 Å². The fourth-order valence-corrected chi connectivity index (χ4v) is 2.55. The van der Waals surface area contributed by atoms with E-state index in [2.05, 4.69) is 22.8 Å². The molecule has 2 N–H and O–H groups in total. The Morgan fingerprint density at radius 2 is 2.00 bits per heavy atom. The largest absolute Gasteiger partial charge is 0.322 e. The van der Waals surface area contributed by atoms with Crippen molar-refractivity contribution < 1.29 is 4.79 Å². The Kier molecular flexibility index (Phi) is 2.92. The lowest BCUT2D eigenvalue weighted by atomic mass is 10.0. The predicted octanol–water partition coefficient (Wildman–Crippen LogP) is 2.03. The normalized spacial score (nSPS) is 17.1. The fourth-order valence-electron chi connectivity index (χ4n) is 2.55. The van der Waals surface area contributed by atoms with E-state index in [0.29, 0.717) is 0 Å². The van der Waals surface area contributed by atoms with E-state index in [1.165, 1.54) is 29.5 Å². The molecule has 0 bridgehead atoms. The van der Waals surface area contributed by atoms with Crippen molar-refractivity contribution in [2.45, 2.75) is 26.2 Å². The lowest BCUT2D eigenvalue weighted by Gasteiger charge is -2.21. The molecule has 1 fully saturated rings. The second-order valence-corrected chi connectivity index (χ2v) is 5.12. The first-order valence-corrected chi connectivity index (χ1v) is 6.56. The third kappa shape index (κ3) is 2.06. The van der Waals surface area contributed by atoms with Gasteiger partial charge in [0.05, 0.1) is 0 Å². The Morgan fingerprint density at radius 1 is 1.22 bits per heavy atom. The number of fused-ring (bicyclic) bond motifs is 1. The van der Waals surface area contributed by atoms with Gasteiger partial charge in [-0.15, -0.1) is 0 Å². The average Bonchev–Trinajstić information content (AvgIpc) is 2.73. The molecule has 18 heavy (non-hydrogen) atoms. The molecule has 1 heterocycles. The number of anilines is 1. The zero-order valence-corrected chi connectivity index (χ0v) is 10.7. The minimum atomic E-state index is 0.0319. The molecule has 2 aliphatic rings. The number of amides is 1. The predicted molar refractivity (Wildman–Crippen MR) is 72.7 cm³/mol. The second-order valence-electron chi connectivity index (χ2n) is 5.12. The number of benzene rings is 1. The topological polar surface area (TPSA) is 41.1 Å². The maximum absolute atomic E-state index is 12.1. The monoisotopic (exact) mass is 242 g/mol. The van der Waals surface area contributed by atoms with Crippen LogP contribution in [0.5, 0.6) is 0 Å². The van der Waals surface area contributed by atoms with Gasteiger partial charge in [-0.1, -0.05) is 6.07 Å². The van der Waals surface area contributed by atoms with Crippen molar-refractivity contribution in [2.24, 2.45) is 0 Å². The highest BCUT2D eigenvalue weighted by Gasteiger charge is 2.17. The van der Waals surface area contributed by atoms with Gasteiger partial charge in [0, 0.05) is 24.4 Å². The molecule has 1 aromatic carbocycles. The molecule has 0 atom stereocenters. The third-order valence-electron chi connectivity index (χ3n) is 3.90. The summed E-state index contributed by atoms with van der Waals surface area (Å²) in [7, 11) is 0. The van der Waals surface area contributed by atoms with Gasteiger partial charge in [-0.2, -0.15) is 0 Å². The van der Waals surface area contributed by atoms with E-state index in [0.717, 1.165) is 30.8 Å². The lowest BCUT2D eigenvalue weighted by Crippen LogP contribution is -2.36. The summed E-state index contributed by atoms with van der Waals surface area (Å²) in [4.78, 5) is 12.1. The Hall–Kier alpha value is -1.61. The molecule has 3 rings (SSSR count). The minimum absolute atomic E-state index is 0.0319. The Balaban J connectivity index is 1.75.